The number of hydrogen-bond acceptors (Lipinski definition) is 0. The molecule has 0 aromatic heterocycles. The van der Waals surface area contributed by atoms with Crippen LogP contribution in [0.15, 0.2) is 267 Å². The first-order chi connectivity index (χ1) is 51.4. The van der Waals surface area contributed by atoms with Crippen molar-refractivity contribution in [3.8, 4) is 44.5 Å². The molecule has 0 bridgehead atoms. The highest BCUT2D eigenvalue weighted by atomic mass is 14.4. The van der Waals surface area contributed by atoms with E-state index in [9.17, 15) is 0 Å². The molecule has 0 nitrogen and oxygen atoms in total. The van der Waals surface area contributed by atoms with Gasteiger partial charge in [0.05, 0.1) is 0 Å². The molecule has 0 saturated heterocycles. The summed E-state index contributed by atoms with van der Waals surface area (Å²) in [5, 5.41) is 0. The molecule has 108 heavy (non-hydrogen) atoms. The van der Waals surface area contributed by atoms with Crippen LogP contribution in [0, 0.1) is 39.5 Å². The van der Waals surface area contributed by atoms with Crippen molar-refractivity contribution in [1.82, 2.24) is 0 Å². The molecule has 0 N–H and O–H groups in total. The summed E-state index contributed by atoms with van der Waals surface area (Å²) < 4.78 is 0. The Morgan fingerprint density at radius 1 is 0.278 bits per heavy atom. The summed E-state index contributed by atoms with van der Waals surface area (Å²) in [6.45, 7) is 46.0. The Balaban J connectivity index is 0.000000110. The van der Waals surface area contributed by atoms with Gasteiger partial charge in [0.15, 0.2) is 0 Å². The third-order valence-corrected chi connectivity index (χ3v) is 26.3. The zero-order valence-corrected chi connectivity index (χ0v) is 69.0. The molecule has 0 fully saturated rings. The number of rotatable bonds is 0. The van der Waals surface area contributed by atoms with Gasteiger partial charge in [0.2, 0.25) is 0 Å². The molecular formula is C108H120. The molecule has 3 atom stereocenters. The van der Waals surface area contributed by atoms with E-state index < -0.39 is 0 Å². The van der Waals surface area contributed by atoms with Crippen LogP contribution in [0.4, 0.5) is 0 Å². The van der Waals surface area contributed by atoms with Crippen molar-refractivity contribution in [3.05, 3.63) is 378 Å². The Morgan fingerprint density at radius 3 is 1.28 bits per heavy atom. The molecule has 12 aromatic carbocycles. The van der Waals surface area contributed by atoms with Crippen molar-refractivity contribution in [3.63, 3.8) is 0 Å². The third-order valence-electron chi connectivity index (χ3n) is 26.3. The summed E-state index contributed by atoms with van der Waals surface area (Å²) in [4.78, 5) is 0. The molecule has 8 aliphatic rings. The van der Waals surface area contributed by atoms with Crippen molar-refractivity contribution >= 4 is 0 Å². The molecule has 0 heterocycles. The van der Waals surface area contributed by atoms with Crippen LogP contribution in [-0.4, -0.2) is 0 Å². The van der Waals surface area contributed by atoms with E-state index >= 15 is 0 Å². The Bertz CT molecular complexity index is 5200. The highest BCUT2D eigenvalue weighted by Gasteiger charge is 2.40. The standard InChI is InChI=1S/4C16H16.2C12H16.2C10H12/c1-11-7-6-9-13-12-8-4-5-10-14(12)16(2,3)15(11)13;1-11-7-6-10-14-15(11)12-8-4-5-9-13(12)16(14,2)3;1-11-8-9-15-13(10-11)12-6-4-5-7-14(12)16(15,2)3;1-11-8-9-13-12-6-4-5-7-14(12)16(2,3)15(13)10-11;1-9-8-12(2,3)11-7-5-4-6-10(9)11;1-9-8-10-6-4-5-7-11(10)12(9,2)3;1-8-6-9-4-2-3-5-10(9)7-8;1-8-6-7-9-4-2-3-5-10(8)9/h4*4-10H,1-3H3;2*4-7,9H,8H2,1-3H3;2*2-5,8H,6-7H2,1H3. The van der Waals surface area contributed by atoms with Crippen LogP contribution < -0.4 is 0 Å². The van der Waals surface area contributed by atoms with Gasteiger partial charge in [-0.25, -0.2) is 0 Å². The summed E-state index contributed by atoms with van der Waals surface area (Å²) in [6.07, 6.45) is 7.76. The average molecular weight is 1420 g/mol. The van der Waals surface area contributed by atoms with Gasteiger partial charge < -0.3 is 0 Å². The van der Waals surface area contributed by atoms with Gasteiger partial charge >= 0.3 is 0 Å². The van der Waals surface area contributed by atoms with E-state index in [1.54, 1.807) is 44.5 Å². The van der Waals surface area contributed by atoms with Gasteiger partial charge in [0.1, 0.15) is 0 Å². The zero-order valence-electron chi connectivity index (χ0n) is 69.0. The smallest absolute Gasteiger partial charge is 0.0161 e. The molecule has 0 radical (unpaired) electrons. The van der Waals surface area contributed by atoms with Gasteiger partial charge in [0, 0.05) is 21.7 Å². The first-order valence-electron chi connectivity index (χ1n) is 40.6. The van der Waals surface area contributed by atoms with E-state index in [-0.39, 0.29) is 21.7 Å². The Kier molecular flexibility index (Phi) is 21.8. The average Bonchev–Trinajstić information content (AvgIpc) is 1.60. The lowest BCUT2D eigenvalue weighted by Gasteiger charge is -2.24. The van der Waals surface area contributed by atoms with Crippen LogP contribution in [-0.2, 0) is 58.2 Å². The van der Waals surface area contributed by atoms with E-state index in [2.05, 4.69) is 405 Å². The van der Waals surface area contributed by atoms with Crippen LogP contribution in [0.5, 0.6) is 0 Å². The molecule has 12 aromatic rings. The number of hydrogen-bond donors (Lipinski definition) is 0. The lowest BCUT2D eigenvalue weighted by molar-refractivity contribution is 0.379. The minimum Gasteiger partial charge on any atom is -0.0620 e. The van der Waals surface area contributed by atoms with Gasteiger partial charge in [-0.3, -0.25) is 0 Å². The Labute approximate surface area is 651 Å². The molecule has 8 aliphatic carbocycles. The monoisotopic (exact) mass is 1420 g/mol. The fourth-order valence-corrected chi connectivity index (χ4v) is 20.0. The highest BCUT2D eigenvalue weighted by molar-refractivity contribution is 5.85. The number of benzene rings is 12. The number of aryl methyl sites for hydroxylation is 5. The van der Waals surface area contributed by atoms with Gasteiger partial charge in [-0.05, 0) is 245 Å². The molecule has 0 heteroatoms. The quantitative estimate of drug-likeness (QED) is 0.142. The number of fused-ring (bicyclic) bond motifs is 16. The molecule has 0 amide bonds. The summed E-state index contributed by atoms with van der Waals surface area (Å²) >= 11 is 0. The SMILES string of the molecule is CC1CC(C)(C)c2ccccc21.CC1CCc2ccccc21.CC1Cc2ccccc2C1.CC1Cc2ccccc2C1(C)C.Cc1ccc2c(c1)-c1ccccc1C2(C)C.Cc1ccc2c(c1)C(C)(C)c1ccccc1-2.Cc1cccc2c1-c1ccccc1C2(C)C.Cc1cccc2c1C(C)(C)c1ccccc1-2. The maximum absolute atomic E-state index is 2.35. The second-order valence-corrected chi connectivity index (χ2v) is 36.3. The second-order valence-electron chi connectivity index (χ2n) is 36.3. The lowest BCUT2D eigenvalue weighted by Crippen LogP contribution is -2.21. The van der Waals surface area contributed by atoms with Gasteiger partial charge in [-0.15, -0.1) is 0 Å². The van der Waals surface area contributed by atoms with Crippen LogP contribution in [0.3, 0.4) is 0 Å². The summed E-state index contributed by atoms with van der Waals surface area (Å²) in [5.74, 6) is 3.21. The van der Waals surface area contributed by atoms with E-state index in [0.29, 0.717) is 10.8 Å². The summed E-state index contributed by atoms with van der Waals surface area (Å²) in [7, 11) is 0. The molecule has 552 valence electrons. The second kappa shape index (κ2) is 30.6. The van der Waals surface area contributed by atoms with E-state index in [0.717, 1.165) is 23.7 Å². The first-order valence-corrected chi connectivity index (χ1v) is 40.6. The Morgan fingerprint density at radius 2 is 0.685 bits per heavy atom. The van der Waals surface area contributed by atoms with Crippen molar-refractivity contribution in [2.45, 2.75) is 221 Å². The van der Waals surface area contributed by atoms with E-state index in [1.165, 1.54) is 150 Å². The van der Waals surface area contributed by atoms with Crippen molar-refractivity contribution < 1.29 is 0 Å². The largest absolute Gasteiger partial charge is 0.0620 e. The summed E-state index contributed by atoms with van der Waals surface area (Å²) in [5.41, 5.74) is 42.4. The van der Waals surface area contributed by atoms with Gasteiger partial charge in [-0.2, -0.15) is 0 Å². The molecule has 0 aliphatic heterocycles. The van der Waals surface area contributed by atoms with Crippen molar-refractivity contribution in [2.24, 2.45) is 11.8 Å². The Hall–Kier alpha value is -9.36. The topological polar surface area (TPSA) is 0 Å². The first kappa shape index (κ1) is 76.8. The van der Waals surface area contributed by atoms with Crippen LogP contribution in [0.1, 0.15) is 247 Å². The fourth-order valence-electron chi connectivity index (χ4n) is 20.0. The van der Waals surface area contributed by atoms with Crippen molar-refractivity contribution in [1.29, 1.82) is 0 Å². The molecule has 0 spiro atoms. The minimum atomic E-state index is 0.150. The van der Waals surface area contributed by atoms with E-state index in [1.807, 2.05) is 0 Å². The van der Waals surface area contributed by atoms with Crippen LogP contribution in [0.2, 0.25) is 0 Å². The predicted molar refractivity (Wildman–Crippen MR) is 466 cm³/mol. The lowest BCUT2D eigenvalue weighted by atomic mass is 9.80. The zero-order chi connectivity index (χ0) is 76.8. The molecule has 0 saturated carbocycles. The maximum Gasteiger partial charge on any atom is 0.0161 e. The highest BCUT2D eigenvalue weighted by Crippen LogP contribution is 2.54. The third kappa shape index (κ3) is 14.8. The van der Waals surface area contributed by atoms with Crippen LogP contribution in [0.25, 0.3) is 44.5 Å². The van der Waals surface area contributed by atoms with Gasteiger partial charge in [-0.1, -0.05) is 389 Å². The minimum absolute atomic E-state index is 0.150. The van der Waals surface area contributed by atoms with Crippen molar-refractivity contribution in [2.75, 3.05) is 0 Å². The van der Waals surface area contributed by atoms with E-state index in [4.69, 9.17) is 0 Å². The van der Waals surface area contributed by atoms with Gasteiger partial charge in [0.25, 0.3) is 0 Å². The molecular weight excluding hydrogens is 1300 g/mol. The normalized spacial score (nSPS) is 18.6. The molecule has 20 rings (SSSR count). The van der Waals surface area contributed by atoms with Crippen LogP contribution >= 0.6 is 0 Å². The maximum atomic E-state index is 2.35. The molecule has 3 unspecified atom stereocenters. The fraction of sp³-hybridized carbons (Fsp3) is 0.333. The summed E-state index contributed by atoms with van der Waals surface area (Å²) in [6, 6.07) is 97.2. The predicted octanol–water partition coefficient (Wildman–Crippen LogP) is 29.0.